The van der Waals surface area contributed by atoms with Gasteiger partial charge in [-0.05, 0) is 44.6 Å². The summed E-state index contributed by atoms with van der Waals surface area (Å²) in [6.45, 7) is 3.14. The standard InChI is InChI=1S/C20H29N3O3/c1-14-11-17(13-23(14)18-8-9-18)22-20(26)21-16(7-10-19(24)25)12-15-5-3-2-4-6-15/h2-6,14,16-18H,7-13H2,1H3,(H,24,25)(H2,21,22,26). The third kappa shape index (κ3) is 5.46. The molecular formula is C20H29N3O3. The van der Waals surface area contributed by atoms with Crippen molar-refractivity contribution in [3.8, 4) is 0 Å². The SMILES string of the molecule is CC1CC(NC(=O)NC(CCC(=O)O)Cc2ccccc2)CN1C1CC1. The Kier molecular flexibility index (Phi) is 6.14. The summed E-state index contributed by atoms with van der Waals surface area (Å²) < 4.78 is 0. The van der Waals surface area contributed by atoms with Crippen LogP contribution in [0.1, 0.15) is 44.6 Å². The highest BCUT2D eigenvalue weighted by atomic mass is 16.4. The number of aliphatic carboxylic acids is 1. The van der Waals surface area contributed by atoms with Crippen molar-refractivity contribution in [2.45, 2.75) is 69.6 Å². The molecule has 2 fully saturated rings. The Labute approximate surface area is 155 Å². The van der Waals surface area contributed by atoms with Crippen molar-refractivity contribution in [3.63, 3.8) is 0 Å². The lowest BCUT2D eigenvalue weighted by Gasteiger charge is -2.21. The third-order valence-corrected chi connectivity index (χ3v) is 5.34. The van der Waals surface area contributed by atoms with Gasteiger partial charge in [0.2, 0.25) is 0 Å². The number of carboxylic acids is 1. The first-order valence-corrected chi connectivity index (χ1v) is 9.59. The first kappa shape index (κ1) is 18.7. The number of hydrogen-bond acceptors (Lipinski definition) is 3. The van der Waals surface area contributed by atoms with Gasteiger partial charge in [-0.2, -0.15) is 0 Å². The molecule has 2 amide bonds. The Balaban J connectivity index is 1.51. The number of nitrogens with one attached hydrogen (secondary N) is 2. The van der Waals surface area contributed by atoms with E-state index in [0.29, 0.717) is 24.9 Å². The smallest absolute Gasteiger partial charge is 0.315 e. The van der Waals surface area contributed by atoms with Crippen LogP contribution < -0.4 is 10.6 Å². The van der Waals surface area contributed by atoms with E-state index < -0.39 is 5.97 Å². The van der Waals surface area contributed by atoms with Crippen molar-refractivity contribution in [3.05, 3.63) is 35.9 Å². The minimum absolute atomic E-state index is 0.0493. The molecule has 6 heteroatoms. The number of carbonyl (C=O) groups is 2. The van der Waals surface area contributed by atoms with Gasteiger partial charge in [-0.15, -0.1) is 0 Å². The minimum Gasteiger partial charge on any atom is -0.481 e. The predicted molar refractivity (Wildman–Crippen MR) is 100 cm³/mol. The summed E-state index contributed by atoms with van der Waals surface area (Å²) in [6, 6.07) is 10.9. The van der Waals surface area contributed by atoms with E-state index in [-0.39, 0.29) is 24.5 Å². The topological polar surface area (TPSA) is 81.7 Å². The molecule has 1 aliphatic heterocycles. The fraction of sp³-hybridized carbons (Fsp3) is 0.600. The maximum Gasteiger partial charge on any atom is 0.315 e. The van der Waals surface area contributed by atoms with Gasteiger partial charge in [0.15, 0.2) is 0 Å². The van der Waals surface area contributed by atoms with Crippen LogP contribution in [0.2, 0.25) is 0 Å². The monoisotopic (exact) mass is 359 g/mol. The normalized spacial score (nSPS) is 24.2. The van der Waals surface area contributed by atoms with Crippen molar-refractivity contribution >= 4 is 12.0 Å². The van der Waals surface area contributed by atoms with Gasteiger partial charge in [0.25, 0.3) is 0 Å². The number of benzene rings is 1. The van der Waals surface area contributed by atoms with Crippen molar-refractivity contribution < 1.29 is 14.7 Å². The van der Waals surface area contributed by atoms with Crippen LogP contribution in [-0.4, -0.2) is 52.7 Å². The van der Waals surface area contributed by atoms with E-state index in [1.807, 2.05) is 30.3 Å². The Bertz CT molecular complexity index is 618. The summed E-state index contributed by atoms with van der Waals surface area (Å²) in [5, 5.41) is 15.1. The highest BCUT2D eigenvalue weighted by Crippen LogP contribution is 2.33. The zero-order valence-electron chi connectivity index (χ0n) is 15.4. The molecule has 26 heavy (non-hydrogen) atoms. The largest absolute Gasteiger partial charge is 0.481 e. The van der Waals surface area contributed by atoms with E-state index in [1.165, 1.54) is 12.8 Å². The lowest BCUT2D eigenvalue weighted by molar-refractivity contribution is -0.137. The number of amides is 2. The number of hydrogen-bond donors (Lipinski definition) is 3. The summed E-state index contributed by atoms with van der Waals surface area (Å²) >= 11 is 0. The molecule has 2 aliphatic rings. The summed E-state index contributed by atoms with van der Waals surface area (Å²) in [6.07, 6.45) is 4.63. The molecule has 0 spiro atoms. The van der Waals surface area contributed by atoms with Gasteiger partial charge in [0.05, 0.1) is 0 Å². The van der Waals surface area contributed by atoms with Gasteiger partial charge < -0.3 is 15.7 Å². The fourth-order valence-corrected chi connectivity index (χ4v) is 3.91. The molecular weight excluding hydrogens is 330 g/mol. The summed E-state index contributed by atoms with van der Waals surface area (Å²) in [4.78, 5) is 25.9. The van der Waals surface area contributed by atoms with Crippen molar-refractivity contribution in [2.24, 2.45) is 0 Å². The minimum atomic E-state index is -0.838. The van der Waals surface area contributed by atoms with Crippen LogP contribution in [0.25, 0.3) is 0 Å². The van der Waals surface area contributed by atoms with Gasteiger partial charge in [0.1, 0.15) is 0 Å². The zero-order valence-corrected chi connectivity index (χ0v) is 15.4. The summed E-state index contributed by atoms with van der Waals surface area (Å²) in [5.41, 5.74) is 1.09. The van der Waals surface area contributed by atoms with Crippen molar-refractivity contribution in [1.82, 2.24) is 15.5 Å². The number of likely N-dealkylation sites (tertiary alicyclic amines) is 1. The maximum atomic E-state index is 12.5. The maximum absolute atomic E-state index is 12.5. The molecule has 6 nitrogen and oxygen atoms in total. The van der Waals surface area contributed by atoms with Gasteiger partial charge >= 0.3 is 12.0 Å². The van der Waals surface area contributed by atoms with Crippen LogP contribution in [0.15, 0.2) is 30.3 Å². The third-order valence-electron chi connectivity index (χ3n) is 5.34. The second-order valence-electron chi connectivity index (χ2n) is 7.65. The van der Waals surface area contributed by atoms with Crippen molar-refractivity contribution in [1.29, 1.82) is 0 Å². The molecule has 1 heterocycles. The van der Waals surface area contributed by atoms with E-state index >= 15 is 0 Å². The first-order chi connectivity index (χ1) is 12.5. The fourth-order valence-electron chi connectivity index (χ4n) is 3.91. The molecule has 1 saturated heterocycles. The van der Waals surface area contributed by atoms with Crippen LogP contribution in [0, 0.1) is 0 Å². The van der Waals surface area contributed by atoms with Crippen LogP contribution in [0.5, 0.6) is 0 Å². The first-order valence-electron chi connectivity index (χ1n) is 9.59. The average molecular weight is 359 g/mol. The molecule has 3 atom stereocenters. The molecule has 1 saturated carbocycles. The predicted octanol–water partition coefficient (Wildman–Crippen LogP) is 2.39. The van der Waals surface area contributed by atoms with E-state index in [4.69, 9.17) is 5.11 Å². The van der Waals surface area contributed by atoms with Gasteiger partial charge in [-0.1, -0.05) is 30.3 Å². The number of nitrogens with zero attached hydrogens (tertiary/aromatic N) is 1. The number of carboxylic acid groups (broad SMARTS) is 1. The van der Waals surface area contributed by atoms with E-state index in [2.05, 4.69) is 22.5 Å². The molecule has 0 radical (unpaired) electrons. The molecule has 0 bridgehead atoms. The zero-order chi connectivity index (χ0) is 18.5. The average Bonchev–Trinajstić information content (AvgIpc) is 3.37. The van der Waals surface area contributed by atoms with Crippen molar-refractivity contribution in [2.75, 3.05) is 6.54 Å². The molecule has 3 unspecified atom stereocenters. The van der Waals surface area contributed by atoms with Gasteiger partial charge in [-0.3, -0.25) is 9.69 Å². The quantitative estimate of drug-likeness (QED) is 0.666. The Morgan fingerprint density at radius 1 is 1.27 bits per heavy atom. The lowest BCUT2D eigenvalue weighted by atomic mass is 10.0. The Morgan fingerprint density at radius 3 is 2.65 bits per heavy atom. The summed E-state index contributed by atoms with van der Waals surface area (Å²) in [5.74, 6) is -0.838. The van der Waals surface area contributed by atoms with Gasteiger partial charge in [-0.25, -0.2) is 4.79 Å². The highest BCUT2D eigenvalue weighted by Gasteiger charge is 2.39. The Morgan fingerprint density at radius 2 is 2.00 bits per heavy atom. The van der Waals surface area contributed by atoms with Gasteiger partial charge in [0, 0.05) is 37.1 Å². The van der Waals surface area contributed by atoms with Crippen LogP contribution in [0.4, 0.5) is 4.79 Å². The van der Waals surface area contributed by atoms with Crippen LogP contribution in [-0.2, 0) is 11.2 Å². The molecule has 1 aliphatic carbocycles. The molecule has 142 valence electrons. The second kappa shape index (κ2) is 8.54. The van der Waals surface area contributed by atoms with E-state index in [0.717, 1.165) is 18.5 Å². The van der Waals surface area contributed by atoms with Crippen LogP contribution >= 0.6 is 0 Å². The Hall–Kier alpha value is -2.08. The summed E-state index contributed by atoms with van der Waals surface area (Å²) in [7, 11) is 0. The molecule has 0 aromatic heterocycles. The molecule has 1 aromatic rings. The number of carbonyl (C=O) groups excluding carboxylic acids is 1. The lowest BCUT2D eigenvalue weighted by Crippen LogP contribution is -2.48. The number of rotatable bonds is 8. The van der Waals surface area contributed by atoms with Crippen LogP contribution in [0.3, 0.4) is 0 Å². The van der Waals surface area contributed by atoms with E-state index in [1.54, 1.807) is 0 Å². The molecule has 3 N–H and O–H groups in total. The highest BCUT2D eigenvalue weighted by molar-refractivity contribution is 5.75. The molecule has 1 aromatic carbocycles. The number of urea groups is 1. The second-order valence-corrected chi connectivity index (χ2v) is 7.65. The molecule has 3 rings (SSSR count). The van der Waals surface area contributed by atoms with E-state index in [9.17, 15) is 9.59 Å².